The molecule has 1 aromatic rings. The van der Waals surface area contributed by atoms with E-state index in [0.29, 0.717) is 15.2 Å². The Morgan fingerprint density at radius 2 is 2.12 bits per heavy atom. The van der Waals surface area contributed by atoms with Crippen molar-refractivity contribution in [3.63, 3.8) is 0 Å². The molecular weight excluding hydrogens is 313 g/mol. The fourth-order valence-electron chi connectivity index (χ4n) is 1.02. The van der Waals surface area contributed by atoms with Crippen molar-refractivity contribution < 1.29 is 19.4 Å². The predicted octanol–water partition coefficient (Wildman–Crippen LogP) is 2.14. The van der Waals surface area contributed by atoms with Gasteiger partial charge in [-0.2, -0.15) is 0 Å². The van der Waals surface area contributed by atoms with E-state index in [-0.39, 0.29) is 6.61 Å². The number of halogens is 2. The van der Waals surface area contributed by atoms with Gasteiger partial charge >= 0.3 is 5.97 Å². The van der Waals surface area contributed by atoms with Gasteiger partial charge in [0.05, 0.1) is 15.2 Å². The second-order valence-electron chi connectivity index (χ2n) is 3.04. The van der Waals surface area contributed by atoms with E-state index in [1.807, 2.05) is 0 Å². The minimum atomic E-state index is -1.12. The lowest BCUT2D eigenvalue weighted by Crippen LogP contribution is -2.20. The second kappa shape index (κ2) is 6.58. The minimum absolute atomic E-state index is 0.328. The van der Waals surface area contributed by atoms with E-state index >= 15 is 0 Å². The summed E-state index contributed by atoms with van der Waals surface area (Å²) in [4.78, 5) is 21.5. The number of hydrogen-bond donors (Lipinski definition) is 2. The van der Waals surface area contributed by atoms with Gasteiger partial charge in [-0.3, -0.25) is 4.79 Å². The average Bonchev–Trinajstić information content (AvgIpc) is 2.24. The smallest absolute Gasteiger partial charge is 0.329 e. The highest BCUT2D eigenvalue weighted by Gasteiger charge is 2.08. The number of amides is 1. The third-order valence-corrected chi connectivity index (χ3v) is 3.08. The molecule has 5 nitrogen and oxygen atoms in total. The molecule has 0 bridgehead atoms. The highest BCUT2D eigenvalue weighted by Crippen LogP contribution is 2.29. The summed E-state index contributed by atoms with van der Waals surface area (Å²) in [6, 6.07) is 5.01. The van der Waals surface area contributed by atoms with E-state index in [9.17, 15) is 9.59 Å². The van der Waals surface area contributed by atoms with E-state index < -0.39 is 18.5 Å². The van der Waals surface area contributed by atoms with Gasteiger partial charge in [-0.05, 0) is 28.1 Å². The molecule has 0 saturated carbocycles. The lowest BCUT2D eigenvalue weighted by atomic mass is 10.3. The Labute approximate surface area is 111 Å². The molecular formula is C10H9BrClNO4. The molecule has 17 heavy (non-hydrogen) atoms. The highest BCUT2D eigenvalue weighted by atomic mass is 79.9. The van der Waals surface area contributed by atoms with Crippen LogP contribution in [0.1, 0.15) is 0 Å². The van der Waals surface area contributed by atoms with Gasteiger partial charge in [-0.1, -0.05) is 17.7 Å². The van der Waals surface area contributed by atoms with Gasteiger partial charge in [0, 0.05) is 0 Å². The van der Waals surface area contributed by atoms with Crippen LogP contribution in [-0.2, 0) is 14.3 Å². The first-order valence-corrected chi connectivity index (χ1v) is 5.71. The number of carbonyl (C=O) groups excluding carboxylic acids is 1. The number of ether oxygens (including phenoxy) is 1. The van der Waals surface area contributed by atoms with Crippen LogP contribution in [0.15, 0.2) is 22.7 Å². The molecule has 0 aliphatic rings. The molecule has 0 unspecified atom stereocenters. The number of benzene rings is 1. The maximum atomic E-state index is 11.4. The first kappa shape index (κ1) is 14.0. The average molecular weight is 323 g/mol. The number of nitrogens with one attached hydrogen (secondary N) is 1. The third-order valence-electron chi connectivity index (χ3n) is 1.68. The SMILES string of the molecule is O=C(O)COCC(=O)Nc1cccc(Cl)c1Br. The molecule has 0 fully saturated rings. The Morgan fingerprint density at radius 3 is 2.76 bits per heavy atom. The molecule has 7 heteroatoms. The molecule has 0 spiro atoms. The standard InChI is InChI=1S/C10H9BrClNO4/c11-10-6(12)2-1-3-7(10)13-8(14)4-17-5-9(15)16/h1-3H,4-5H2,(H,13,14)(H,15,16). The normalized spacial score (nSPS) is 10.0. The van der Waals surface area contributed by atoms with E-state index in [1.54, 1.807) is 18.2 Å². The Kier molecular flexibility index (Phi) is 5.40. The quantitative estimate of drug-likeness (QED) is 0.871. The number of carboxylic acids is 1. The molecule has 1 amide bonds. The third kappa shape index (κ3) is 4.72. The van der Waals surface area contributed by atoms with Crippen molar-refractivity contribution in [3.8, 4) is 0 Å². The number of hydrogen-bond acceptors (Lipinski definition) is 3. The van der Waals surface area contributed by atoms with Crippen molar-refractivity contribution in [1.29, 1.82) is 0 Å². The number of carboxylic acid groups (broad SMARTS) is 1. The van der Waals surface area contributed by atoms with Gasteiger partial charge in [0.25, 0.3) is 0 Å². The van der Waals surface area contributed by atoms with Crippen LogP contribution in [0.25, 0.3) is 0 Å². The summed E-state index contributed by atoms with van der Waals surface area (Å²) in [5.41, 5.74) is 0.501. The molecule has 0 aliphatic carbocycles. The van der Waals surface area contributed by atoms with Crippen molar-refractivity contribution in [2.75, 3.05) is 18.5 Å². The largest absolute Gasteiger partial charge is 0.480 e. The maximum Gasteiger partial charge on any atom is 0.329 e. The molecule has 0 radical (unpaired) electrons. The van der Waals surface area contributed by atoms with Crippen LogP contribution >= 0.6 is 27.5 Å². The van der Waals surface area contributed by atoms with Crippen LogP contribution in [0, 0.1) is 0 Å². The Balaban J connectivity index is 2.51. The summed E-state index contributed by atoms with van der Waals surface area (Å²) in [7, 11) is 0. The zero-order valence-electron chi connectivity index (χ0n) is 8.57. The number of carbonyl (C=O) groups is 2. The zero-order chi connectivity index (χ0) is 12.8. The fraction of sp³-hybridized carbons (Fsp3) is 0.200. The molecule has 0 heterocycles. The van der Waals surface area contributed by atoms with Crippen molar-refractivity contribution in [1.82, 2.24) is 0 Å². The van der Waals surface area contributed by atoms with E-state index in [4.69, 9.17) is 16.7 Å². The van der Waals surface area contributed by atoms with Crippen LogP contribution < -0.4 is 5.32 Å². The van der Waals surface area contributed by atoms with Gasteiger partial charge < -0.3 is 15.2 Å². The van der Waals surface area contributed by atoms with Crippen molar-refractivity contribution in [3.05, 3.63) is 27.7 Å². The Bertz CT molecular complexity index is 438. The van der Waals surface area contributed by atoms with E-state index in [2.05, 4.69) is 26.0 Å². The molecule has 0 atom stereocenters. The van der Waals surface area contributed by atoms with Crippen LogP contribution in [0.2, 0.25) is 5.02 Å². The summed E-state index contributed by atoms with van der Waals surface area (Å²) in [6.07, 6.45) is 0. The molecule has 2 N–H and O–H groups in total. The molecule has 1 aromatic carbocycles. The first-order chi connectivity index (χ1) is 8.00. The topological polar surface area (TPSA) is 75.6 Å². The zero-order valence-corrected chi connectivity index (χ0v) is 10.9. The molecule has 1 rings (SSSR count). The summed E-state index contributed by atoms with van der Waals surface area (Å²) in [5.74, 6) is -1.57. The predicted molar refractivity (Wildman–Crippen MR) is 66.2 cm³/mol. The van der Waals surface area contributed by atoms with Gasteiger partial charge in [-0.15, -0.1) is 0 Å². The number of aliphatic carboxylic acids is 1. The van der Waals surface area contributed by atoms with Gasteiger partial charge in [0.15, 0.2) is 0 Å². The second-order valence-corrected chi connectivity index (χ2v) is 4.24. The summed E-state index contributed by atoms with van der Waals surface area (Å²) in [5, 5.41) is 11.3. The molecule has 0 saturated heterocycles. The number of anilines is 1. The van der Waals surface area contributed by atoms with Crippen LogP contribution in [0.4, 0.5) is 5.69 Å². The minimum Gasteiger partial charge on any atom is -0.480 e. The molecule has 0 aliphatic heterocycles. The van der Waals surface area contributed by atoms with Crippen LogP contribution in [0.3, 0.4) is 0 Å². The van der Waals surface area contributed by atoms with Crippen molar-refractivity contribution in [2.24, 2.45) is 0 Å². The molecule has 0 aromatic heterocycles. The van der Waals surface area contributed by atoms with Gasteiger partial charge in [-0.25, -0.2) is 4.79 Å². The lowest BCUT2D eigenvalue weighted by molar-refractivity contribution is -0.143. The molecule has 92 valence electrons. The fourth-order valence-corrected chi connectivity index (χ4v) is 1.56. The van der Waals surface area contributed by atoms with Crippen LogP contribution in [0.5, 0.6) is 0 Å². The van der Waals surface area contributed by atoms with E-state index in [1.165, 1.54) is 0 Å². The van der Waals surface area contributed by atoms with Crippen molar-refractivity contribution >= 4 is 45.1 Å². The van der Waals surface area contributed by atoms with Gasteiger partial charge in [0.1, 0.15) is 13.2 Å². The van der Waals surface area contributed by atoms with Gasteiger partial charge in [0.2, 0.25) is 5.91 Å². The Hall–Kier alpha value is -1.11. The highest BCUT2D eigenvalue weighted by molar-refractivity contribution is 9.10. The van der Waals surface area contributed by atoms with Crippen molar-refractivity contribution in [2.45, 2.75) is 0 Å². The van der Waals surface area contributed by atoms with Crippen LogP contribution in [-0.4, -0.2) is 30.2 Å². The summed E-state index contributed by atoms with van der Waals surface area (Å²) in [6.45, 7) is -0.838. The summed E-state index contributed by atoms with van der Waals surface area (Å²) < 4.78 is 5.20. The monoisotopic (exact) mass is 321 g/mol. The van der Waals surface area contributed by atoms with E-state index in [0.717, 1.165) is 0 Å². The number of rotatable bonds is 5. The Morgan fingerprint density at radius 1 is 1.41 bits per heavy atom. The first-order valence-electron chi connectivity index (χ1n) is 4.54. The maximum absolute atomic E-state index is 11.4. The summed E-state index contributed by atoms with van der Waals surface area (Å²) >= 11 is 9.05. The lowest BCUT2D eigenvalue weighted by Gasteiger charge is -2.08.